The molecule has 2 unspecified atom stereocenters. The molecular weight excluding hydrogens is 405 g/mol. The Balaban J connectivity index is 1.77. The van der Waals surface area contributed by atoms with Crippen molar-refractivity contribution in [2.75, 3.05) is 45.2 Å². The van der Waals surface area contributed by atoms with Crippen LogP contribution in [0.25, 0.3) is 0 Å². The van der Waals surface area contributed by atoms with E-state index in [0.29, 0.717) is 19.6 Å². The summed E-state index contributed by atoms with van der Waals surface area (Å²) in [7, 11) is 0.712. The Bertz CT molecular complexity index is 953. The van der Waals surface area contributed by atoms with Crippen molar-refractivity contribution in [3.8, 4) is 0 Å². The van der Waals surface area contributed by atoms with Crippen LogP contribution >= 0.6 is 0 Å². The van der Waals surface area contributed by atoms with Gasteiger partial charge in [0.15, 0.2) is 9.84 Å². The Morgan fingerprint density at radius 3 is 2.30 bits per heavy atom. The average molecular weight is 434 g/mol. The number of rotatable bonds is 7. The second-order valence-corrected chi connectivity index (χ2v) is 10.1. The molecule has 2 aromatic carbocycles. The molecular formula is C22H28FN3O3S. The maximum absolute atomic E-state index is 13.7. The second-order valence-electron chi connectivity index (χ2n) is 7.78. The molecule has 2 aromatic rings. The van der Waals surface area contributed by atoms with E-state index < -0.39 is 15.9 Å². The average Bonchev–Trinajstić information content (AvgIpc) is 2.70. The normalized spacial score (nSPS) is 18.7. The molecule has 0 bridgehead atoms. The molecule has 3 rings (SSSR count). The highest BCUT2D eigenvalue weighted by molar-refractivity contribution is 7.91. The molecule has 1 fully saturated rings. The molecule has 0 aliphatic carbocycles. The Morgan fingerprint density at radius 2 is 1.70 bits per heavy atom. The van der Waals surface area contributed by atoms with Gasteiger partial charge in [-0.2, -0.15) is 0 Å². The van der Waals surface area contributed by atoms with Gasteiger partial charge in [-0.1, -0.05) is 42.5 Å². The quantitative estimate of drug-likeness (QED) is 0.724. The summed E-state index contributed by atoms with van der Waals surface area (Å²) in [4.78, 5) is 17.1. The maximum Gasteiger partial charge on any atom is 0.242 e. The molecule has 1 heterocycles. The van der Waals surface area contributed by atoms with Gasteiger partial charge in [-0.25, -0.2) is 12.8 Å². The summed E-state index contributed by atoms with van der Waals surface area (Å²) in [5, 5.41) is 3.00. The number of sulfone groups is 1. The van der Waals surface area contributed by atoms with Crippen LogP contribution in [-0.4, -0.2) is 69.4 Å². The summed E-state index contributed by atoms with van der Waals surface area (Å²) >= 11 is 0. The monoisotopic (exact) mass is 433 g/mol. The number of carbonyl (C=O) groups excluding carboxylic acids is 1. The lowest BCUT2D eigenvalue weighted by atomic mass is 10.0. The van der Waals surface area contributed by atoms with Gasteiger partial charge < -0.3 is 10.2 Å². The fourth-order valence-corrected chi connectivity index (χ4v) is 4.98. The molecule has 0 spiro atoms. The number of hydrogen-bond acceptors (Lipinski definition) is 5. The molecule has 1 N–H and O–H groups in total. The molecule has 2 atom stereocenters. The first-order chi connectivity index (χ1) is 14.3. The van der Waals surface area contributed by atoms with E-state index in [0.717, 1.165) is 11.1 Å². The standard InChI is InChI=1S/C22H28FN3O3S/c1-25(2)20(18-9-6-10-19(23)15-18)16-24-22(27)21(17-7-4-3-5-8-17)26-11-13-30(28,29)14-12-26/h3-10,15,20-21H,11-14,16H2,1-2H3,(H,24,27). The first kappa shape index (κ1) is 22.4. The number of nitrogens with zero attached hydrogens (tertiary/aromatic N) is 2. The lowest BCUT2D eigenvalue weighted by Gasteiger charge is -2.34. The van der Waals surface area contributed by atoms with Gasteiger partial charge in [-0.3, -0.25) is 9.69 Å². The van der Waals surface area contributed by atoms with Crippen molar-refractivity contribution in [1.82, 2.24) is 15.1 Å². The molecule has 8 heteroatoms. The number of benzene rings is 2. The summed E-state index contributed by atoms with van der Waals surface area (Å²) in [6, 6.07) is 15.0. The minimum atomic E-state index is -3.05. The fraction of sp³-hybridized carbons (Fsp3) is 0.409. The van der Waals surface area contributed by atoms with E-state index in [1.807, 2.05) is 60.3 Å². The van der Waals surface area contributed by atoms with E-state index in [1.54, 1.807) is 6.07 Å². The Hall–Kier alpha value is -2.29. The zero-order valence-corrected chi connectivity index (χ0v) is 18.1. The van der Waals surface area contributed by atoms with E-state index in [1.165, 1.54) is 12.1 Å². The lowest BCUT2D eigenvalue weighted by molar-refractivity contribution is -0.126. The number of amides is 1. The molecule has 1 aliphatic rings. The van der Waals surface area contributed by atoms with Crippen molar-refractivity contribution >= 4 is 15.7 Å². The highest BCUT2D eigenvalue weighted by Gasteiger charge is 2.32. The van der Waals surface area contributed by atoms with Gasteiger partial charge in [0.25, 0.3) is 0 Å². The largest absolute Gasteiger partial charge is 0.353 e. The molecule has 6 nitrogen and oxygen atoms in total. The maximum atomic E-state index is 13.7. The molecule has 1 amide bonds. The molecule has 0 aromatic heterocycles. The van der Waals surface area contributed by atoms with Gasteiger partial charge >= 0.3 is 0 Å². The van der Waals surface area contributed by atoms with E-state index in [-0.39, 0.29) is 29.3 Å². The van der Waals surface area contributed by atoms with Crippen LogP contribution in [0.2, 0.25) is 0 Å². The molecule has 162 valence electrons. The topological polar surface area (TPSA) is 69.7 Å². The number of likely N-dealkylation sites (N-methyl/N-ethyl adjacent to an activating group) is 1. The fourth-order valence-electron chi connectivity index (χ4n) is 3.75. The number of nitrogens with one attached hydrogen (secondary N) is 1. The van der Waals surface area contributed by atoms with Gasteiger partial charge in [0, 0.05) is 19.6 Å². The van der Waals surface area contributed by atoms with Crippen LogP contribution in [0.5, 0.6) is 0 Å². The second kappa shape index (κ2) is 9.68. The molecule has 0 saturated carbocycles. The van der Waals surface area contributed by atoms with Crippen LogP contribution in [0.1, 0.15) is 23.2 Å². The third-order valence-corrected chi connectivity index (χ3v) is 7.04. The zero-order chi connectivity index (χ0) is 21.7. The van der Waals surface area contributed by atoms with Crippen LogP contribution in [0, 0.1) is 5.82 Å². The van der Waals surface area contributed by atoms with Crippen molar-refractivity contribution in [2.24, 2.45) is 0 Å². The van der Waals surface area contributed by atoms with Crippen LogP contribution in [0.15, 0.2) is 54.6 Å². The summed E-state index contributed by atoms with van der Waals surface area (Å²) in [6.07, 6.45) is 0. The minimum Gasteiger partial charge on any atom is -0.353 e. The van der Waals surface area contributed by atoms with Gasteiger partial charge in [0.1, 0.15) is 11.9 Å². The van der Waals surface area contributed by atoms with Crippen molar-refractivity contribution < 1.29 is 17.6 Å². The number of halogens is 1. The smallest absolute Gasteiger partial charge is 0.242 e. The van der Waals surface area contributed by atoms with Crippen LogP contribution in [0.4, 0.5) is 4.39 Å². The zero-order valence-electron chi connectivity index (χ0n) is 17.3. The summed E-state index contributed by atoms with van der Waals surface area (Å²) < 4.78 is 37.4. The van der Waals surface area contributed by atoms with Crippen molar-refractivity contribution in [2.45, 2.75) is 12.1 Å². The third-order valence-electron chi connectivity index (χ3n) is 5.43. The number of carbonyl (C=O) groups is 1. The van der Waals surface area contributed by atoms with Crippen LogP contribution in [-0.2, 0) is 14.6 Å². The predicted octanol–water partition coefficient (Wildman–Crippen LogP) is 2.02. The summed E-state index contributed by atoms with van der Waals surface area (Å²) in [6.45, 7) is 0.942. The van der Waals surface area contributed by atoms with Crippen LogP contribution < -0.4 is 5.32 Å². The van der Waals surface area contributed by atoms with Crippen molar-refractivity contribution in [3.05, 3.63) is 71.5 Å². The highest BCUT2D eigenvalue weighted by atomic mass is 32.2. The van der Waals surface area contributed by atoms with Gasteiger partial charge in [-0.15, -0.1) is 0 Å². The molecule has 30 heavy (non-hydrogen) atoms. The summed E-state index contributed by atoms with van der Waals surface area (Å²) in [5.74, 6) is -0.411. The first-order valence-corrected chi connectivity index (χ1v) is 11.8. The Kier molecular flexibility index (Phi) is 7.23. The first-order valence-electron chi connectivity index (χ1n) is 9.96. The van der Waals surface area contributed by atoms with Crippen molar-refractivity contribution in [1.29, 1.82) is 0 Å². The molecule has 1 saturated heterocycles. The van der Waals surface area contributed by atoms with E-state index in [4.69, 9.17) is 0 Å². The van der Waals surface area contributed by atoms with E-state index >= 15 is 0 Å². The third kappa shape index (κ3) is 5.65. The summed E-state index contributed by atoms with van der Waals surface area (Å²) in [5.41, 5.74) is 1.60. The van der Waals surface area contributed by atoms with Gasteiger partial charge in [0.05, 0.1) is 17.5 Å². The van der Waals surface area contributed by atoms with Gasteiger partial charge in [0.2, 0.25) is 5.91 Å². The van der Waals surface area contributed by atoms with E-state index in [9.17, 15) is 17.6 Å². The van der Waals surface area contributed by atoms with E-state index in [2.05, 4.69) is 5.32 Å². The number of hydrogen-bond donors (Lipinski definition) is 1. The SMILES string of the molecule is CN(C)C(CNC(=O)C(c1ccccc1)N1CCS(=O)(=O)CC1)c1cccc(F)c1. The van der Waals surface area contributed by atoms with Crippen molar-refractivity contribution in [3.63, 3.8) is 0 Å². The van der Waals surface area contributed by atoms with Gasteiger partial charge in [-0.05, 0) is 37.4 Å². The Labute approximate surface area is 177 Å². The molecule has 0 radical (unpaired) electrons. The minimum absolute atomic E-state index is 0.0488. The predicted molar refractivity (Wildman–Crippen MR) is 115 cm³/mol. The molecule has 1 aliphatic heterocycles. The van der Waals surface area contributed by atoms with Crippen LogP contribution in [0.3, 0.4) is 0 Å². The highest BCUT2D eigenvalue weighted by Crippen LogP contribution is 2.24. The Morgan fingerprint density at radius 1 is 1.07 bits per heavy atom. The lowest BCUT2D eigenvalue weighted by Crippen LogP contribution is -2.48.